The summed E-state index contributed by atoms with van der Waals surface area (Å²) in [5, 5.41) is 2.84. The number of carbonyl (C=O) groups is 2. The van der Waals surface area contributed by atoms with Crippen LogP contribution in [0, 0.1) is 0 Å². The summed E-state index contributed by atoms with van der Waals surface area (Å²) >= 11 is 3.37. The van der Waals surface area contributed by atoms with Gasteiger partial charge in [0.1, 0.15) is 0 Å². The molecule has 108 valence electrons. The van der Waals surface area contributed by atoms with Gasteiger partial charge in [0.2, 0.25) is 5.91 Å². The minimum atomic E-state index is -0.765. The average Bonchev–Trinajstić information content (AvgIpc) is 2.37. The number of hydrogen-bond donors (Lipinski definition) is 1. The van der Waals surface area contributed by atoms with Gasteiger partial charge in [-0.05, 0) is 37.6 Å². The molecule has 4 nitrogen and oxygen atoms in total. The molecule has 0 aliphatic carbocycles. The van der Waals surface area contributed by atoms with Gasteiger partial charge < -0.3 is 10.1 Å². The van der Waals surface area contributed by atoms with E-state index in [9.17, 15) is 9.59 Å². The molecule has 5 heteroatoms. The number of nitrogens with one attached hydrogen (secondary N) is 1. The van der Waals surface area contributed by atoms with Crippen LogP contribution in [-0.4, -0.2) is 18.5 Å². The molecule has 20 heavy (non-hydrogen) atoms. The summed E-state index contributed by atoms with van der Waals surface area (Å²) < 4.78 is 5.80. The number of ether oxygens (including phenoxy) is 1. The molecule has 0 saturated carbocycles. The Morgan fingerprint density at radius 3 is 2.45 bits per heavy atom. The van der Waals surface area contributed by atoms with Crippen molar-refractivity contribution >= 4 is 27.8 Å². The monoisotopic (exact) mass is 339 g/mol. The maximum absolute atomic E-state index is 11.4. The highest BCUT2D eigenvalue weighted by molar-refractivity contribution is 9.10. The summed E-state index contributed by atoms with van der Waals surface area (Å²) in [6.07, 6.45) is 2.97. The molecule has 0 aliphatic heterocycles. The topological polar surface area (TPSA) is 55.4 Å². The minimum absolute atomic E-state index is 0.177. The van der Waals surface area contributed by atoms with Gasteiger partial charge in [-0.1, -0.05) is 28.1 Å². The highest BCUT2D eigenvalue weighted by Crippen LogP contribution is 2.24. The molecule has 0 spiro atoms. The zero-order valence-corrected chi connectivity index (χ0v) is 13.4. The van der Waals surface area contributed by atoms with E-state index in [0.29, 0.717) is 6.61 Å². The number of halogens is 1. The number of amides is 1. The van der Waals surface area contributed by atoms with E-state index in [2.05, 4.69) is 21.2 Å². The molecule has 1 unspecified atom stereocenters. The Bertz CT molecular complexity index is 510. The van der Waals surface area contributed by atoms with E-state index in [-0.39, 0.29) is 5.91 Å². The summed E-state index contributed by atoms with van der Waals surface area (Å²) in [5.74, 6) is -0.606. The SMILES string of the molecule is CCOC(=O)/C=C/C(C)(NC(C)=O)c1ccc(Br)cc1. The predicted octanol–water partition coefficient (Wildman–Crippen LogP) is 2.92. The van der Waals surface area contributed by atoms with Gasteiger partial charge in [-0.3, -0.25) is 4.79 Å². The van der Waals surface area contributed by atoms with Crippen LogP contribution >= 0.6 is 15.9 Å². The van der Waals surface area contributed by atoms with Gasteiger partial charge in [-0.2, -0.15) is 0 Å². The van der Waals surface area contributed by atoms with Crippen LogP contribution in [-0.2, 0) is 19.9 Å². The van der Waals surface area contributed by atoms with Crippen LogP contribution in [0.3, 0.4) is 0 Å². The summed E-state index contributed by atoms with van der Waals surface area (Å²) in [4.78, 5) is 22.8. The first kappa shape index (κ1) is 16.4. The summed E-state index contributed by atoms with van der Waals surface area (Å²) in [6, 6.07) is 7.53. The second kappa shape index (κ2) is 7.24. The van der Waals surface area contributed by atoms with E-state index in [4.69, 9.17) is 4.74 Å². The third kappa shape index (κ3) is 4.81. The van der Waals surface area contributed by atoms with Gasteiger partial charge >= 0.3 is 5.97 Å². The van der Waals surface area contributed by atoms with Gasteiger partial charge in [0, 0.05) is 17.5 Å². The maximum Gasteiger partial charge on any atom is 0.330 e. The largest absolute Gasteiger partial charge is 0.463 e. The van der Waals surface area contributed by atoms with Crippen LogP contribution in [0.25, 0.3) is 0 Å². The molecule has 0 aliphatic rings. The van der Waals surface area contributed by atoms with Crippen molar-refractivity contribution in [3.63, 3.8) is 0 Å². The summed E-state index contributed by atoms with van der Waals surface area (Å²) in [7, 11) is 0. The van der Waals surface area contributed by atoms with E-state index in [1.807, 2.05) is 31.2 Å². The van der Waals surface area contributed by atoms with Crippen LogP contribution in [0.4, 0.5) is 0 Å². The minimum Gasteiger partial charge on any atom is -0.463 e. The van der Waals surface area contributed by atoms with Gasteiger partial charge in [0.25, 0.3) is 0 Å². The molecule has 0 fully saturated rings. The van der Waals surface area contributed by atoms with Crippen molar-refractivity contribution in [1.29, 1.82) is 0 Å². The molecule has 1 aromatic rings. The first-order valence-corrected chi connectivity index (χ1v) is 7.07. The van der Waals surface area contributed by atoms with Crippen LogP contribution < -0.4 is 5.32 Å². The lowest BCUT2D eigenvalue weighted by Gasteiger charge is -2.27. The second-order valence-corrected chi connectivity index (χ2v) is 5.39. The van der Waals surface area contributed by atoms with Crippen molar-refractivity contribution in [2.75, 3.05) is 6.61 Å². The third-order valence-corrected chi connectivity index (χ3v) is 3.25. The van der Waals surface area contributed by atoms with Crippen LogP contribution in [0.1, 0.15) is 26.3 Å². The van der Waals surface area contributed by atoms with Crippen molar-refractivity contribution in [1.82, 2.24) is 5.32 Å². The molecule has 0 bridgehead atoms. The molecule has 1 N–H and O–H groups in total. The zero-order valence-electron chi connectivity index (χ0n) is 11.8. The lowest BCUT2D eigenvalue weighted by Crippen LogP contribution is -2.40. The Morgan fingerprint density at radius 1 is 1.35 bits per heavy atom. The van der Waals surface area contributed by atoms with Gasteiger partial charge in [0.15, 0.2) is 0 Å². The number of benzene rings is 1. The fourth-order valence-corrected chi connectivity index (χ4v) is 2.06. The van der Waals surface area contributed by atoms with Crippen molar-refractivity contribution in [3.8, 4) is 0 Å². The van der Waals surface area contributed by atoms with E-state index in [1.165, 1.54) is 13.0 Å². The quantitative estimate of drug-likeness (QED) is 0.662. The fraction of sp³-hybridized carbons (Fsp3) is 0.333. The molecule has 1 rings (SSSR count). The third-order valence-electron chi connectivity index (χ3n) is 2.72. The highest BCUT2D eigenvalue weighted by atomic mass is 79.9. The van der Waals surface area contributed by atoms with Crippen molar-refractivity contribution in [2.24, 2.45) is 0 Å². The normalized spacial score (nSPS) is 13.8. The number of esters is 1. The molecule has 0 heterocycles. The summed E-state index contributed by atoms with van der Waals surface area (Å²) in [6.45, 7) is 5.33. The molecule has 0 saturated heterocycles. The molecule has 1 amide bonds. The van der Waals surface area contributed by atoms with Crippen LogP contribution in [0.2, 0.25) is 0 Å². The zero-order chi connectivity index (χ0) is 15.2. The lowest BCUT2D eigenvalue weighted by molar-refractivity contribution is -0.137. The van der Waals surface area contributed by atoms with Gasteiger partial charge in [0.05, 0.1) is 12.1 Å². The van der Waals surface area contributed by atoms with E-state index in [1.54, 1.807) is 13.0 Å². The average molecular weight is 340 g/mol. The van der Waals surface area contributed by atoms with Gasteiger partial charge in [-0.15, -0.1) is 0 Å². The highest BCUT2D eigenvalue weighted by Gasteiger charge is 2.24. The standard InChI is InChI=1S/C15H18BrNO3/c1-4-20-14(19)9-10-15(3,17-11(2)18)12-5-7-13(16)8-6-12/h5-10H,4H2,1-3H3,(H,17,18)/b10-9+. The molecular formula is C15H18BrNO3. The Kier molecular flexibility index (Phi) is 5.95. The van der Waals surface area contributed by atoms with Crippen LogP contribution in [0.15, 0.2) is 40.9 Å². The van der Waals surface area contributed by atoms with Crippen molar-refractivity contribution in [2.45, 2.75) is 26.3 Å². The first-order chi connectivity index (χ1) is 9.37. The van der Waals surface area contributed by atoms with E-state index >= 15 is 0 Å². The second-order valence-electron chi connectivity index (χ2n) is 4.48. The Morgan fingerprint density at radius 2 is 1.95 bits per heavy atom. The molecule has 0 aromatic heterocycles. The Labute approximate surface area is 127 Å². The molecule has 0 radical (unpaired) electrons. The molecule has 1 aromatic carbocycles. The number of hydrogen-bond acceptors (Lipinski definition) is 3. The number of rotatable bonds is 5. The van der Waals surface area contributed by atoms with E-state index in [0.717, 1.165) is 10.0 Å². The number of carbonyl (C=O) groups excluding carboxylic acids is 2. The smallest absolute Gasteiger partial charge is 0.330 e. The molecular weight excluding hydrogens is 322 g/mol. The summed E-state index contributed by atoms with van der Waals surface area (Å²) in [5.41, 5.74) is 0.107. The van der Waals surface area contributed by atoms with Gasteiger partial charge in [-0.25, -0.2) is 4.79 Å². The van der Waals surface area contributed by atoms with Crippen molar-refractivity contribution in [3.05, 3.63) is 46.5 Å². The van der Waals surface area contributed by atoms with Crippen molar-refractivity contribution < 1.29 is 14.3 Å². The maximum atomic E-state index is 11.4. The molecule has 1 atom stereocenters. The Balaban J connectivity index is 3.05. The lowest BCUT2D eigenvalue weighted by atomic mass is 9.91. The van der Waals surface area contributed by atoms with E-state index < -0.39 is 11.5 Å². The fourth-order valence-electron chi connectivity index (χ4n) is 1.80. The first-order valence-electron chi connectivity index (χ1n) is 6.28. The van der Waals surface area contributed by atoms with Crippen LogP contribution in [0.5, 0.6) is 0 Å². The Hall–Kier alpha value is -1.62. The predicted molar refractivity (Wildman–Crippen MR) is 81.1 cm³/mol.